The van der Waals surface area contributed by atoms with Crippen LogP contribution in [0.4, 0.5) is 5.69 Å². The van der Waals surface area contributed by atoms with E-state index in [1.165, 1.54) is 14.0 Å². The van der Waals surface area contributed by atoms with Gasteiger partial charge in [0, 0.05) is 19.0 Å². The van der Waals surface area contributed by atoms with Crippen molar-refractivity contribution >= 4 is 17.5 Å². The summed E-state index contributed by atoms with van der Waals surface area (Å²) in [6, 6.07) is 5.36. The van der Waals surface area contributed by atoms with Gasteiger partial charge in [0.2, 0.25) is 11.8 Å². The zero-order valence-corrected chi connectivity index (χ0v) is 13.9. The molecule has 0 atom stereocenters. The molecule has 0 heterocycles. The van der Waals surface area contributed by atoms with Crippen LogP contribution >= 0.6 is 0 Å². The molecule has 6 nitrogen and oxygen atoms in total. The van der Waals surface area contributed by atoms with Gasteiger partial charge >= 0.3 is 0 Å². The number of benzene rings is 1. The predicted molar refractivity (Wildman–Crippen MR) is 87.8 cm³/mol. The predicted octanol–water partition coefficient (Wildman–Crippen LogP) is 2.43. The van der Waals surface area contributed by atoms with Crippen molar-refractivity contribution in [3.63, 3.8) is 0 Å². The molecule has 1 aromatic rings. The van der Waals surface area contributed by atoms with Crippen molar-refractivity contribution in [2.24, 2.45) is 0 Å². The van der Waals surface area contributed by atoms with E-state index in [1.54, 1.807) is 30.2 Å². The first-order valence-corrected chi connectivity index (χ1v) is 7.84. The van der Waals surface area contributed by atoms with Crippen molar-refractivity contribution in [3.8, 4) is 11.5 Å². The third-order valence-corrected chi connectivity index (χ3v) is 4.16. The Hall–Kier alpha value is -2.24. The second kappa shape index (κ2) is 7.85. The Labute approximate surface area is 136 Å². The molecule has 2 rings (SSSR count). The summed E-state index contributed by atoms with van der Waals surface area (Å²) in [5, 5.41) is 2.81. The first-order chi connectivity index (χ1) is 11.0. The number of amides is 2. The third kappa shape index (κ3) is 4.37. The molecule has 1 aliphatic rings. The number of rotatable bonds is 6. The van der Waals surface area contributed by atoms with Crippen LogP contribution in [0.15, 0.2) is 18.2 Å². The average Bonchev–Trinajstić information content (AvgIpc) is 3.06. The van der Waals surface area contributed by atoms with E-state index >= 15 is 0 Å². The normalized spacial score (nSPS) is 14.4. The standard InChI is InChI=1S/C17H24N2O4/c1-12(20)19(13-6-4-5-7-13)11-17(21)18-15-10-14(22-2)8-9-16(15)23-3/h8-10,13H,4-7,11H2,1-3H3,(H,18,21). The maximum Gasteiger partial charge on any atom is 0.244 e. The molecule has 0 bridgehead atoms. The molecule has 0 unspecified atom stereocenters. The summed E-state index contributed by atoms with van der Waals surface area (Å²) in [6.45, 7) is 1.57. The monoisotopic (exact) mass is 320 g/mol. The Morgan fingerprint density at radius 3 is 2.48 bits per heavy atom. The molecule has 1 saturated carbocycles. The lowest BCUT2D eigenvalue weighted by atomic mass is 10.2. The molecule has 23 heavy (non-hydrogen) atoms. The van der Waals surface area contributed by atoms with Crippen LogP contribution in [0.25, 0.3) is 0 Å². The van der Waals surface area contributed by atoms with E-state index in [9.17, 15) is 9.59 Å². The van der Waals surface area contributed by atoms with Crippen LogP contribution in [0.1, 0.15) is 32.6 Å². The number of ether oxygens (including phenoxy) is 2. The van der Waals surface area contributed by atoms with Crippen molar-refractivity contribution in [1.82, 2.24) is 4.90 Å². The van der Waals surface area contributed by atoms with Gasteiger partial charge in [-0.25, -0.2) is 0 Å². The lowest BCUT2D eigenvalue weighted by Crippen LogP contribution is -2.42. The highest BCUT2D eigenvalue weighted by molar-refractivity contribution is 5.95. The van der Waals surface area contributed by atoms with Gasteiger partial charge in [-0.05, 0) is 25.0 Å². The number of methoxy groups -OCH3 is 2. The summed E-state index contributed by atoms with van der Waals surface area (Å²) >= 11 is 0. The SMILES string of the molecule is COc1ccc(OC)c(NC(=O)CN(C(C)=O)C2CCCC2)c1. The molecule has 0 aliphatic heterocycles. The van der Waals surface area contributed by atoms with Gasteiger partial charge in [0.25, 0.3) is 0 Å². The molecule has 126 valence electrons. The summed E-state index contributed by atoms with van der Waals surface area (Å²) < 4.78 is 10.4. The van der Waals surface area contributed by atoms with Crippen molar-refractivity contribution in [2.45, 2.75) is 38.6 Å². The van der Waals surface area contributed by atoms with Crippen LogP contribution in [-0.4, -0.2) is 43.5 Å². The van der Waals surface area contributed by atoms with Gasteiger partial charge < -0.3 is 19.7 Å². The van der Waals surface area contributed by atoms with Crippen molar-refractivity contribution in [1.29, 1.82) is 0 Å². The molecular weight excluding hydrogens is 296 g/mol. The van der Waals surface area contributed by atoms with E-state index in [-0.39, 0.29) is 24.4 Å². The minimum absolute atomic E-state index is 0.0559. The molecule has 0 aromatic heterocycles. The Balaban J connectivity index is 2.07. The van der Waals surface area contributed by atoms with Gasteiger partial charge in [0.15, 0.2) is 0 Å². The molecule has 0 spiro atoms. The van der Waals surface area contributed by atoms with E-state index < -0.39 is 0 Å². The van der Waals surface area contributed by atoms with Crippen LogP contribution in [-0.2, 0) is 9.59 Å². The lowest BCUT2D eigenvalue weighted by Gasteiger charge is -2.27. The minimum atomic E-state index is -0.237. The summed E-state index contributed by atoms with van der Waals surface area (Å²) in [7, 11) is 3.10. The van der Waals surface area contributed by atoms with Gasteiger partial charge in [-0.3, -0.25) is 9.59 Å². The van der Waals surface area contributed by atoms with E-state index in [4.69, 9.17) is 9.47 Å². The second-order valence-electron chi connectivity index (χ2n) is 5.70. The number of hydrogen-bond donors (Lipinski definition) is 1. The van der Waals surface area contributed by atoms with Crippen molar-refractivity contribution in [3.05, 3.63) is 18.2 Å². The highest BCUT2D eigenvalue weighted by Crippen LogP contribution is 2.29. The summed E-state index contributed by atoms with van der Waals surface area (Å²) in [5.74, 6) is 0.873. The molecule has 1 aliphatic carbocycles. The molecule has 0 saturated heterocycles. The zero-order chi connectivity index (χ0) is 16.8. The number of nitrogens with zero attached hydrogens (tertiary/aromatic N) is 1. The van der Waals surface area contributed by atoms with Gasteiger partial charge in [-0.1, -0.05) is 12.8 Å². The maximum atomic E-state index is 12.4. The summed E-state index contributed by atoms with van der Waals surface area (Å²) in [5.41, 5.74) is 0.534. The van der Waals surface area contributed by atoms with Gasteiger partial charge in [0.1, 0.15) is 18.0 Å². The van der Waals surface area contributed by atoms with Crippen LogP contribution in [0.5, 0.6) is 11.5 Å². The van der Waals surface area contributed by atoms with Gasteiger partial charge in [-0.15, -0.1) is 0 Å². The van der Waals surface area contributed by atoms with Crippen LogP contribution in [0, 0.1) is 0 Å². The highest BCUT2D eigenvalue weighted by atomic mass is 16.5. The highest BCUT2D eigenvalue weighted by Gasteiger charge is 2.26. The number of nitrogens with one attached hydrogen (secondary N) is 1. The Kier molecular flexibility index (Phi) is 5.84. The molecule has 1 N–H and O–H groups in total. The Morgan fingerprint density at radius 2 is 1.91 bits per heavy atom. The van der Waals surface area contributed by atoms with E-state index in [2.05, 4.69) is 5.32 Å². The van der Waals surface area contributed by atoms with Crippen molar-refractivity contribution < 1.29 is 19.1 Å². The minimum Gasteiger partial charge on any atom is -0.497 e. The first kappa shape index (κ1) is 17.1. The van der Waals surface area contributed by atoms with E-state index in [1.807, 2.05) is 0 Å². The number of hydrogen-bond acceptors (Lipinski definition) is 4. The van der Waals surface area contributed by atoms with E-state index in [0.29, 0.717) is 17.2 Å². The molecule has 0 radical (unpaired) electrons. The topological polar surface area (TPSA) is 67.9 Å². The largest absolute Gasteiger partial charge is 0.497 e. The fourth-order valence-electron chi connectivity index (χ4n) is 2.97. The third-order valence-electron chi connectivity index (χ3n) is 4.16. The van der Waals surface area contributed by atoms with Gasteiger partial charge in [0.05, 0.1) is 19.9 Å². The lowest BCUT2D eigenvalue weighted by molar-refractivity contribution is -0.135. The fraction of sp³-hybridized carbons (Fsp3) is 0.529. The molecular formula is C17H24N2O4. The van der Waals surface area contributed by atoms with E-state index in [0.717, 1.165) is 25.7 Å². The number of carbonyl (C=O) groups is 2. The summed E-state index contributed by atoms with van der Waals surface area (Å²) in [4.78, 5) is 25.9. The molecule has 2 amide bonds. The van der Waals surface area contributed by atoms with Crippen molar-refractivity contribution in [2.75, 3.05) is 26.1 Å². The number of anilines is 1. The molecule has 1 aromatic carbocycles. The Bertz CT molecular complexity index is 568. The molecule has 6 heteroatoms. The average molecular weight is 320 g/mol. The Morgan fingerprint density at radius 1 is 1.22 bits per heavy atom. The summed E-state index contributed by atoms with van der Waals surface area (Å²) in [6.07, 6.45) is 4.16. The maximum absolute atomic E-state index is 12.4. The first-order valence-electron chi connectivity index (χ1n) is 7.84. The van der Waals surface area contributed by atoms with Crippen LogP contribution in [0.2, 0.25) is 0 Å². The zero-order valence-electron chi connectivity index (χ0n) is 13.9. The molecule has 1 fully saturated rings. The van der Waals surface area contributed by atoms with Gasteiger partial charge in [-0.2, -0.15) is 0 Å². The quantitative estimate of drug-likeness (QED) is 0.874. The second-order valence-corrected chi connectivity index (χ2v) is 5.70. The van der Waals surface area contributed by atoms with Crippen LogP contribution in [0.3, 0.4) is 0 Å². The smallest absolute Gasteiger partial charge is 0.244 e. The number of carbonyl (C=O) groups excluding carboxylic acids is 2. The van der Waals surface area contributed by atoms with Crippen LogP contribution < -0.4 is 14.8 Å². The fourth-order valence-corrected chi connectivity index (χ4v) is 2.97.